The molecule has 0 radical (unpaired) electrons. The van der Waals surface area contributed by atoms with Crippen LogP contribution in [-0.2, 0) is 11.3 Å². The number of para-hydroxylation sites is 1. The second-order valence-electron chi connectivity index (χ2n) is 6.14. The minimum absolute atomic E-state index is 0.145. The van der Waals surface area contributed by atoms with E-state index in [9.17, 15) is 4.79 Å². The predicted octanol–water partition coefficient (Wildman–Crippen LogP) is 1.88. The van der Waals surface area contributed by atoms with Crippen molar-refractivity contribution in [2.45, 2.75) is 26.3 Å². The highest BCUT2D eigenvalue weighted by atomic mass is 16.5. The molecule has 134 valence electrons. The summed E-state index contributed by atoms with van der Waals surface area (Å²) in [4.78, 5) is 16.6. The van der Waals surface area contributed by atoms with Crippen LogP contribution in [0.15, 0.2) is 34.7 Å². The van der Waals surface area contributed by atoms with Crippen molar-refractivity contribution in [1.29, 1.82) is 0 Å². The summed E-state index contributed by atoms with van der Waals surface area (Å²) in [7, 11) is 0. The molecule has 25 heavy (non-hydrogen) atoms. The fourth-order valence-corrected chi connectivity index (χ4v) is 2.90. The molecule has 0 N–H and O–H groups in total. The summed E-state index contributed by atoms with van der Waals surface area (Å²) in [5.41, 5.74) is 0. The Labute approximate surface area is 147 Å². The van der Waals surface area contributed by atoms with E-state index in [0.29, 0.717) is 31.4 Å². The minimum Gasteiger partial charge on any atom is -0.493 e. The smallest absolute Gasteiger partial charge is 0.230 e. The van der Waals surface area contributed by atoms with Crippen molar-refractivity contribution >= 4 is 5.91 Å². The summed E-state index contributed by atoms with van der Waals surface area (Å²) in [6, 6.07) is 9.58. The van der Waals surface area contributed by atoms with Crippen LogP contribution in [0.1, 0.15) is 24.6 Å². The van der Waals surface area contributed by atoms with E-state index >= 15 is 0 Å². The van der Waals surface area contributed by atoms with Crippen molar-refractivity contribution in [3.8, 4) is 5.75 Å². The zero-order valence-corrected chi connectivity index (χ0v) is 14.6. The molecule has 1 fully saturated rings. The summed E-state index contributed by atoms with van der Waals surface area (Å²) in [6.45, 7) is 6.07. The Morgan fingerprint density at radius 2 is 2.00 bits per heavy atom. The van der Waals surface area contributed by atoms with E-state index in [2.05, 4.69) is 15.1 Å². The van der Waals surface area contributed by atoms with E-state index in [1.165, 1.54) is 0 Å². The summed E-state index contributed by atoms with van der Waals surface area (Å²) in [5, 5.41) is 7.89. The van der Waals surface area contributed by atoms with Gasteiger partial charge < -0.3 is 14.1 Å². The standard InChI is InChI=1S/C18H24N4O3/c1-15-19-20-17(25-15)14-21-9-5-10-22(12-11-21)18(23)8-13-24-16-6-3-2-4-7-16/h2-4,6-7H,5,8-14H2,1H3. The Morgan fingerprint density at radius 3 is 2.76 bits per heavy atom. The molecule has 0 aliphatic carbocycles. The third-order valence-corrected chi connectivity index (χ3v) is 4.20. The van der Waals surface area contributed by atoms with Crippen molar-refractivity contribution in [2.24, 2.45) is 0 Å². The number of nitrogens with zero attached hydrogens (tertiary/aromatic N) is 4. The molecule has 0 spiro atoms. The van der Waals surface area contributed by atoms with Crippen molar-refractivity contribution in [3.63, 3.8) is 0 Å². The third kappa shape index (κ3) is 5.29. The Morgan fingerprint density at radius 1 is 1.16 bits per heavy atom. The molecule has 3 rings (SSSR count). The zero-order valence-electron chi connectivity index (χ0n) is 14.6. The monoisotopic (exact) mass is 344 g/mol. The largest absolute Gasteiger partial charge is 0.493 e. The van der Waals surface area contributed by atoms with E-state index in [4.69, 9.17) is 9.15 Å². The lowest BCUT2D eigenvalue weighted by molar-refractivity contribution is -0.131. The second kappa shape index (κ2) is 8.62. The molecule has 7 heteroatoms. The molecule has 1 aliphatic heterocycles. The van der Waals surface area contributed by atoms with Crippen molar-refractivity contribution < 1.29 is 13.9 Å². The number of hydrogen-bond donors (Lipinski definition) is 0. The summed E-state index contributed by atoms with van der Waals surface area (Å²) in [5.74, 6) is 2.16. The van der Waals surface area contributed by atoms with E-state index < -0.39 is 0 Å². The molecule has 0 bridgehead atoms. The first-order chi connectivity index (χ1) is 12.2. The zero-order chi connectivity index (χ0) is 17.5. The summed E-state index contributed by atoms with van der Waals surface area (Å²) in [6.07, 6.45) is 1.34. The van der Waals surface area contributed by atoms with Crippen molar-refractivity contribution in [2.75, 3.05) is 32.8 Å². The van der Waals surface area contributed by atoms with Crippen LogP contribution in [-0.4, -0.2) is 58.7 Å². The maximum Gasteiger partial charge on any atom is 0.230 e. The van der Waals surface area contributed by atoms with E-state index in [-0.39, 0.29) is 5.91 Å². The van der Waals surface area contributed by atoms with Gasteiger partial charge in [-0.2, -0.15) is 0 Å². The van der Waals surface area contributed by atoms with Gasteiger partial charge in [-0.05, 0) is 18.6 Å². The van der Waals surface area contributed by atoms with Crippen LogP contribution >= 0.6 is 0 Å². The molecule has 2 heterocycles. The number of aryl methyl sites for hydroxylation is 1. The van der Waals surface area contributed by atoms with Gasteiger partial charge in [0.1, 0.15) is 5.75 Å². The number of aromatic nitrogens is 2. The summed E-state index contributed by atoms with van der Waals surface area (Å²) >= 11 is 0. The second-order valence-corrected chi connectivity index (χ2v) is 6.14. The fourth-order valence-electron chi connectivity index (χ4n) is 2.90. The third-order valence-electron chi connectivity index (χ3n) is 4.20. The molecule has 0 saturated carbocycles. The first kappa shape index (κ1) is 17.4. The van der Waals surface area contributed by atoms with Crippen LogP contribution in [0.2, 0.25) is 0 Å². The molecule has 7 nitrogen and oxygen atoms in total. The number of benzene rings is 1. The lowest BCUT2D eigenvalue weighted by atomic mass is 10.3. The Balaban J connectivity index is 1.41. The molecule has 1 aliphatic rings. The molecule has 0 atom stereocenters. The Bertz CT molecular complexity index is 674. The van der Waals surface area contributed by atoms with Crippen LogP contribution in [0.4, 0.5) is 0 Å². The van der Waals surface area contributed by atoms with Gasteiger partial charge in [0.25, 0.3) is 0 Å². The summed E-state index contributed by atoms with van der Waals surface area (Å²) < 4.78 is 11.1. The SMILES string of the molecule is Cc1nnc(CN2CCCN(C(=O)CCOc3ccccc3)CC2)o1. The molecule has 1 aromatic carbocycles. The van der Waals surface area contributed by atoms with Gasteiger partial charge in [-0.3, -0.25) is 9.69 Å². The number of ether oxygens (including phenoxy) is 1. The predicted molar refractivity (Wildman–Crippen MR) is 92.1 cm³/mol. The topological polar surface area (TPSA) is 71.7 Å². The normalized spacial score (nSPS) is 15.8. The molecule has 2 aromatic rings. The van der Waals surface area contributed by atoms with E-state index in [0.717, 1.165) is 38.3 Å². The van der Waals surface area contributed by atoms with Gasteiger partial charge in [-0.25, -0.2) is 0 Å². The Hall–Kier alpha value is -2.41. The van der Waals surface area contributed by atoms with Crippen molar-refractivity contribution in [3.05, 3.63) is 42.1 Å². The molecule has 0 unspecified atom stereocenters. The maximum atomic E-state index is 12.4. The van der Waals surface area contributed by atoms with Gasteiger partial charge >= 0.3 is 0 Å². The van der Waals surface area contributed by atoms with Gasteiger partial charge in [-0.1, -0.05) is 18.2 Å². The first-order valence-corrected chi connectivity index (χ1v) is 8.67. The number of carbonyl (C=O) groups is 1. The minimum atomic E-state index is 0.145. The van der Waals surface area contributed by atoms with Gasteiger partial charge in [-0.15, -0.1) is 10.2 Å². The van der Waals surface area contributed by atoms with Crippen LogP contribution in [0.3, 0.4) is 0 Å². The average molecular weight is 344 g/mol. The van der Waals surface area contributed by atoms with Gasteiger partial charge in [0.05, 0.1) is 19.6 Å². The number of rotatable bonds is 6. The highest BCUT2D eigenvalue weighted by molar-refractivity contribution is 5.76. The van der Waals surface area contributed by atoms with Gasteiger partial charge in [0, 0.05) is 33.1 Å². The fraction of sp³-hybridized carbons (Fsp3) is 0.500. The molecule has 1 saturated heterocycles. The van der Waals surface area contributed by atoms with Crippen LogP contribution in [0.5, 0.6) is 5.75 Å². The van der Waals surface area contributed by atoms with Crippen molar-refractivity contribution in [1.82, 2.24) is 20.0 Å². The first-order valence-electron chi connectivity index (χ1n) is 8.67. The highest BCUT2D eigenvalue weighted by Gasteiger charge is 2.20. The number of carbonyl (C=O) groups excluding carboxylic acids is 1. The highest BCUT2D eigenvalue weighted by Crippen LogP contribution is 2.11. The molecule has 1 amide bonds. The van der Waals surface area contributed by atoms with Crippen LogP contribution in [0.25, 0.3) is 0 Å². The lowest BCUT2D eigenvalue weighted by Crippen LogP contribution is -2.35. The quantitative estimate of drug-likeness (QED) is 0.797. The maximum absolute atomic E-state index is 12.4. The van der Waals surface area contributed by atoms with Crippen LogP contribution < -0.4 is 4.74 Å². The van der Waals surface area contributed by atoms with Crippen LogP contribution in [0, 0.1) is 6.92 Å². The van der Waals surface area contributed by atoms with E-state index in [1.54, 1.807) is 6.92 Å². The Kier molecular flexibility index (Phi) is 6.00. The molecule has 1 aromatic heterocycles. The number of hydrogen-bond acceptors (Lipinski definition) is 6. The lowest BCUT2D eigenvalue weighted by Gasteiger charge is -2.21. The molecular formula is C18H24N4O3. The van der Waals surface area contributed by atoms with Gasteiger partial charge in [0.2, 0.25) is 17.7 Å². The number of amides is 1. The van der Waals surface area contributed by atoms with E-state index in [1.807, 2.05) is 35.2 Å². The molecular weight excluding hydrogens is 320 g/mol. The average Bonchev–Trinajstić information content (AvgIpc) is 2.89. The van der Waals surface area contributed by atoms with Gasteiger partial charge in [0.15, 0.2) is 0 Å².